The van der Waals surface area contributed by atoms with Gasteiger partial charge in [0.2, 0.25) is 5.88 Å². The predicted molar refractivity (Wildman–Crippen MR) is 55.9 cm³/mol. The zero-order chi connectivity index (χ0) is 11.5. The number of alkyl halides is 2. The summed E-state index contributed by atoms with van der Waals surface area (Å²) >= 11 is 0. The van der Waals surface area contributed by atoms with E-state index in [1.165, 1.54) is 6.07 Å². The predicted octanol–water partition coefficient (Wildman–Crippen LogP) is 1.09. The Hall–Kier alpha value is -1.43. The van der Waals surface area contributed by atoms with Crippen LogP contribution in [0.3, 0.4) is 0 Å². The Balaban J connectivity index is 1.93. The van der Waals surface area contributed by atoms with E-state index < -0.39 is 6.61 Å². The molecule has 1 aromatic rings. The van der Waals surface area contributed by atoms with E-state index in [0.717, 1.165) is 18.8 Å². The number of rotatable bonds is 4. The minimum atomic E-state index is -2.82. The van der Waals surface area contributed by atoms with Crippen LogP contribution in [0.2, 0.25) is 0 Å². The van der Waals surface area contributed by atoms with E-state index in [-0.39, 0.29) is 5.88 Å². The van der Waals surface area contributed by atoms with Gasteiger partial charge in [-0.3, -0.25) is 0 Å². The number of aromatic nitrogens is 1. The molecule has 1 aliphatic heterocycles. The Morgan fingerprint density at radius 3 is 2.75 bits per heavy atom. The average Bonchev–Trinajstić information content (AvgIpc) is 2.18. The molecule has 0 atom stereocenters. The largest absolute Gasteiger partial charge is 0.417 e. The van der Waals surface area contributed by atoms with Crippen LogP contribution in [0.1, 0.15) is 0 Å². The van der Waals surface area contributed by atoms with Gasteiger partial charge in [-0.15, -0.1) is 0 Å². The van der Waals surface area contributed by atoms with Crippen molar-refractivity contribution in [2.24, 2.45) is 0 Å². The van der Waals surface area contributed by atoms with Gasteiger partial charge in [0.1, 0.15) is 0 Å². The standard InChI is InChI=1S/C10H13F2N3O/c1-13-7-5-15(6-7)8-2-3-9(14-4-8)16-10(11)12/h2-4,7,10,13H,5-6H2,1H3. The molecule has 0 unspecified atom stereocenters. The smallest absolute Gasteiger partial charge is 0.388 e. The van der Waals surface area contributed by atoms with Crippen LogP contribution in [-0.2, 0) is 0 Å². The molecule has 1 aromatic heterocycles. The van der Waals surface area contributed by atoms with Gasteiger partial charge in [-0.2, -0.15) is 8.78 Å². The number of hydrogen-bond acceptors (Lipinski definition) is 4. The van der Waals surface area contributed by atoms with Gasteiger partial charge in [0, 0.05) is 25.2 Å². The molecular weight excluding hydrogens is 216 g/mol. The highest BCUT2D eigenvalue weighted by Gasteiger charge is 2.25. The Labute approximate surface area is 92.2 Å². The Morgan fingerprint density at radius 2 is 2.25 bits per heavy atom. The zero-order valence-electron chi connectivity index (χ0n) is 8.86. The van der Waals surface area contributed by atoms with E-state index in [4.69, 9.17) is 0 Å². The summed E-state index contributed by atoms with van der Waals surface area (Å²) in [6, 6.07) is 3.68. The molecule has 0 aromatic carbocycles. The van der Waals surface area contributed by atoms with Crippen molar-refractivity contribution in [1.82, 2.24) is 10.3 Å². The highest BCUT2D eigenvalue weighted by atomic mass is 19.3. The van der Waals surface area contributed by atoms with E-state index in [9.17, 15) is 8.78 Å². The molecule has 0 amide bonds. The summed E-state index contributed by atoms with van der Waals surface area (Å²) in [6.45, 7) is -1.00. The molecule has 16 heavy (non-hydrogen) atoms. The van der Waals surface area contributed by atoms with Crippen LogP contribution in [0.5, 0.6) is 5.88 Å². The summed E-state index contributed by atoms with van der Waals surface area (Å²) in [4.78, 5) is 5.92. The Bertz CT molecular complexity index is 338. The molecule has 0 aliphatic carbocycles. The lowest BCUT2D eigenvalue weighted by molar-refractivity contribution is -0.0528. The van der Waals surface area contributed by atoms with Crippen molar-refractivity contribution in [3.05, 3.63) is 18.3 Å². The van der Waals surface area contributed by atoms with Crippen LogP contribution in [0, 0.1) is 0 Å². The first-order chi connectivity index (χ1) is 7.69. The molecule has 1 fully saturated rings. The van der Waals surface area contributed by atoms with Crippen LogP contribution < -0.4 is 15.0 Å². The van der Waals surface area contributed by atoms with Crippen LogP contribution in [-0.4, -0.2) is 37.8 Å². The summed E-state index contributed by atoms with van der Waals surface area (Å²) in [6.07, 6.45) is 1.55. The van der Waals surface area contributed by atoms with Crippen molar-refractivity contribution in [1.29, 1.82) is 0 Å². The number of likely N-dealkylation sites (N-methyl/N-ethyl adjacent to an activating group) is 1. The lowest BCUT2D eigenvalue weighted by Gasteiger charge is -2.40. The van der Waals surface area contributed by atoms with E-state index in [2.05, 4.69) is 19.9 Å². The van der Waals surface area contributed by atoms with Crippen molar-refractivity contribution in [3.63, 3.8) is 0 Å². The first kappa shape index (κ1) is 11.1. The van der Waals surface area contributed by atoms with Gasteiger partial charge < -0.3 is 15.0 Å². The molecular formula is C10H13F2N3O. The van der Waals surface area contributed by atoms with Crippen molar-refractivity contribution < 1.29 is 13.5 Å². The molecule has 1 N–H and O–H groups in total. The zero-order valence-corrected chi connectivity index (χ0v) is 8.86. The number of halogens is 2. The third-order valence-corrected chi connectivity index (χ3v) is 2.59. The fraction of sp³-hybridized carbons (Fsp3) is 0.500. The van der Waals surface area contributed by atoms with Crippen LogP contribution in [0.4, 0.5) is 14.5 Å². The number of pyridine rings is 1. The highest BCUT2D eigenvalue weighted by molar-refractivity contribution is 5.48. The van der Waals surface area contributed by atoms with Gasteiger partial charge in [0.25, 0.3) is 0 Å². The molecule has 1 aliphatic rings. The molecule has 88 valence electrons. The molecule has 6 heteroatoms. The summed E-state index contributed by atoms with van der Waals surface area (Å²) in [7, 11) is 1.92. The van der Waals surface area contributed by atoms with Gasteiger partial charge in [-0.1, -0.05) is 0 Å². The second-order valence-corrected chi connectivity index (χ2v) is 3.62. The first-order valence-corrected chi connectivity index (χ1v) is 5.02. The van der Waals surface area contributed by atoms with Crippen LogP contribution in [0.15, 0.2) is 18.3 Å². The quantitative estimate of drug-likeness (QED) is 0.838. The van der Waals surface area contributed by atoms with E-state index >= 15 is 0 Å². The minimum Gasteiger partial charge on any atom is -0.417 e. The molecule has 0 radical (unpaired) electrons. The molecule has 2 rings (SSSR count). The Kier molecular flexibility index (Phi) is 3.19. The third kappa shape index (κ3) is 2.38. The van der Waals surface area contributed by atoms with Gasteiger partial charge in [-0.25, -0.2) is 4.98 Å². The van der Waals surface area contributed by atoms with Crippen LogP contribution in [0.25, 0.3) is 0 Å². The van der Waals surface area contributed by atoms with Gasteiger partial charge >= 0.3 is 6.61 Å². The second kappa shape index (κ2) is 4.61. The van der Waals surface area contributed by atoms with E-state index in [1.807, 2.05) is 7.05 Å². The van der Waals surface area contributed by atoms with E-state index in [1.54, 1.807) is 12.3 Å². The topological polar surface area (TPSA) is 37.4 Å². The fourth-order valence-electron chi connectivity index (χ4n) is 1.59. The SMILES string of the molecule is CNC1CN(c2ccc(OC(F)F)nc2)C1. The number of nitrogens with zero attached hydrogens (tertiary/aromatic N) is 2. The van der Waals surface area contributed by atoms with Gasteiger partial charge in [0.15, 0.2) is 0 Å². The summed E-state index contributed by atoms with van der Waals surface area (Å²) < 4.78 is 27.9. The summed E-state index contributed by atoms with van der Waals surface area (Å²) in [5.74, 6) is -0.0514. The van der Waals surface area contributed by atoms with Gasteiger partial charge in [-0.05, 0) is 13.1 Å². The summed E-state index contributed by atoms with van der Waals surface area (Å²) in [5.41, 5.74) is 0.924. The number of nitrogens with one attached hydrogen (secondary N) is 1. The Morgan fingerprint density at radius 1 is 1.50 bits per heavy atom. The number of anilines is 1. The summed E-state index contributed by atoms with van der Waals surface area (Å²) in [5, 5.41) is 3.15. The third-order valence-electron chi connectivity index (χ3n) is 2.59. The monoisotopic (exact) mass is 229 g/mol. The average molecular weight is 229 g/mol. The normalized spacial score (nSPS) is 16.4. The molecule has 4 nitrogen and oxygen atoms in total. The van der Waals surface area contributed by atoms with Crippen LogP contribution >= 0.6 is 0 Å². The number of hydrogen-bond donors (Lipinski definition) is 1. The van der Waals surface area contributed by atoms with Gasteiger partial charge in [0.05, 0.1) is 11.9 Å². The molecule has 0 spiro atoms. The van der Waals surface area contributed by atoms with E-state index in [0.29, 0.717) is 6.04 Å². The fourth-order valence-corrected chi connectivity index (χ4v) is 1.59. The number of ether oxygens (including phenoxy) is 1. The lowest BCUT2D eigenvalue weighted by atomic mass is 10.1. The first-order valence-electron chi connectivity index (χ1n) is 5.02. The molecule has 2 heterocycles. The lowest BCUT2D eigenvalue weighted by Crippen LogP contribution is -2.57. The van der Waals surface area contributed by atoms with Crippen molar-refractivity contribution in [2.45, 2.75) is 12.7 Å². The molecule has 1 saturated heterocycles. The second-order valence-electron chi connectivity index (χ2n) is 3.62. The minimum absolute atomic E-state index is 0.0514. The maximum absolute atomic E-state index is 11.9. The highest BCUT2D eigenvalue weighted by Crippen LogP contribution is 2.21. The molecule has 0 bridgehead atoms. The van der Waals surface area contributed by atoms with Crippen molar-refractivity contribution >= 4 is 5.69 Å². The van der Waals surface area contributed by atoms with Crippen molar-refractivity contribution in [3.8, 4) is 5.88 Å². The molecule has 0 saturated carbocycles. The maximum Gasteiger partial charge on any atom is 0.388 e. The van der Waals surface area contributed by atoms with Crippen molar-refractivity contribution in [2.75, 3.05) is 25.0 Å². The maximum atomic E-state index is 11.9.